The van der Waals surface area contributed by atoms with Gasteiger partial charge in [0, 0.05) is 18.5 Å². The van der Waals surface area contributed by atoms with Gasteiger partial charge in [-0.3, -0.25) is 0 Å². The minimum Gasteiger partial charge on any atom is -0.485 e. The number of benzene rings is 1. The molecule has 20 heavy (non-hydrogen) atoms. The van der Waals surface area contributed by atoms with Crippen molar-refractivity contribution in [2.75, 3.05) is 6.54 Å². The van der Waals surface area contributed by atoms with Crippen molar-refractivity contribution in [3.63, 3.8) is 0 Å². The highest BCUT2D eigenvalue weighted by Gasteiger charge is 2.10. The van der Waals surface area contributed by atoms with Gasteiger partial charge in [-0.1, -0.05) is 37.2 Å². The number of para-hydroxylation sites is 1. The van der Waals surface area contributed by atoms with E-state index in [1.165, 1.54) is 0 Å². The molecule has 5 nitrogen and oxygen atoms in total. The summed E-state index contributed by atoms with van der Waals surface area (Å²) >= 11 is 0. The molecule has 2 aromatic rings. The summed E-state index contributed by atoms with van der Waals surface area (Å²) in [4.78, 5) is 4.25. The van der Waals surface area contributed by atoms with E-state index < -0.39 is 0 Å². The third kappa shape index (κ3) is 3.57. The number of nitrogens with zero attached hydrogens (tertiary/aromatic N) is 2. The van der Waals surface area contributed by atoms with Gasteiger partial charge in [-0.05, 0) is 19.0 Å². The third-order valence-electron chi connectivity index (χ3n) is 3.02. The number of rotatable bonds is 7. The summed E-state index contributed by atoms with van der Waals surface area (Å²) in [7, 11) is 0. The van der Waals surface area contributed by atoms with Gasteiger partial charge in [-0.2, -0.15) is 4.98 Å². The van der Waals surface area contributed by atoms with E-state index in [1.807, 2.05) is 26.0 Å². The van der Waals surface area contributed by atoms with Crippen LogP contribution in [-0.4, -0.2) is 16.7 Å². The third-order valence-corrected chi connectivity index (χ3v) is 3.02. The van der Waals surface area contributed by atoms with Crippen molar-refractivity contribution in [2.45, 2.75) is 40.3 Å². The van der Waals surface area contributed by atoms with Gasteiger partial charge in [0.15, 0.2) is 6.61 Å². The zero-order valence-electron chi connectivity index (χ0n) is 12.3. The summed E-state index contributed by atoms with van der Waals surface area (Å²) in [6, 6.07) is 6.15. The lowest BCUT2D eigenvalue weighted by Crippen LogP contribution is -2.13. The maximum absolute atomic E-state index is 5.88. The Morgan fingerprint density at radius 2 is 2.15 bits per heavy atom. The number of aryl methyl sites for hydroxylation is 2. The van der Waals surface area contributed by atoms with E-state index in [2.05, 4.69) is 28.4 Å². The van der Waals surface area contributed by atoms with Gasteiger partial charge in [0.2, 0.25) is 11.7 Å². The first-order valence-corrected chi connectivity index (χ1v) is 6.98. The first kappa shape index (κ1) is 14.5. The van der Waals surface area contributed by atoms with Gasteiger partial charge < -0.3 is 14.6 Å². The van der Waals surface area contributed by atoms with Crippen LogP contribution >= 0.6 is 0 Å². The minimum absolute atomic E-state index is 0.327. The van der Waals surface area contributed by atoms with Crippen LogP contribution in [0, 0.1) is 6.92 Å². The monoisotopic (exact) mass is 275 g/mol. The van der Waals surface area contributed by atoms with Crippen LogP contribution in [0.2, 0.25) is 0 Å². The highest BCUT2D eigenvalue weighted by atomic mass is 16.5. The topological polar surface area (TPSA) is 60.2 Å². The molecular weight excluding hydrogens is 254 g/mol. The van der Waals surface area contributed by atoms with E-state index in [0.717, 1.165) is 36.4 Å². The smallest absolute Gasteiger partial charge is 0.226 e. The van der Waals surface area contributed by atoms with Crippen molar-refractivity contribution in [1.29, 1.82) is 0 Å². The van der Waals surface area contributed by atoms with Crippen molar-refractivity contribution in [3.05, 3.63) is 41.0 Å². The second kappa shape index (κ2) is 7.05. The second-order valence-corrected chi connectivity index (χ2v) is 4.59. The molecule has 0 radical (unpaired) electrons. The van der Waals surface area contributed by atoms with Gasteiger partial charge in [0.05, 0.1) is 0 Å². The summed E-state index contributed by atoms with van der Waals surface area (Å²) in [5, 5.41) is 7.21. The molecule has 5 heteroatoms. The van der Waals surface area contributed by atoms with E-state index >= 15 is 0 Å². The van der Waals surface area contributed by atoms with Crippen LogP contribution < -0.4 is 10.1 Å². The van der Waals surface area contributed by atoms with Gasteiger partial charge in [-0.25, -0.2) is 0 Å². The molecule has 108 valence electrons. The molecular formula is C15H21N3O2. The van der Waals surface area contributed by atoms with Crippen LogP contribution in [-0.2, 0) is 19.6 Å². The molecule has 0 amide bonds. The maximum Gasteiger partial charge on any atom is 0.226 e. The van der Waals surface area contributed by atoms with E-state index in [-0.39, 0.29) is 0 Å². The van der Waals surface area contributed by atoms with Crippen molar-refractivity contribution in [2.24, 2.45) is 0 Å². The molecule has 1 N–H and O–H groups in total. The van der Waals surface area contributed by atoms with Crippen molar-refractivity contribution >= 4 is 0 Å². The minimum atomic E-state index is 0.327. The Bertz CT molecular complexity index is 552. The first-order valence-electron chi connectivity index (χ1n) is 6.98. The lowest BCUT2D eigenvalue weighted by molar-refractivity contribution is 0.280. The molecule has 1 heterocycles. The Kier molecular flexibility index (Phi) is 5.12. The molecule has 1 aromatic heterocycles. The Morgan fingerprint density at radius 1 is 1.30 bits per heavy atom. The SMILES string of the molecule is CCNCc1cccc(C)c1OCc1noc(CC)n1. The molecule has 0 unspecified atom stereocenters. The van der Waals surface area contributed by atoms with Gasteiger partial charge in [-0.15, -0.1) is 0 Å². The van der Waals surface area contributed by atoms with E-state index in [4.69, 9.17) is 9.26 Å². The molecule has 1 aromatic carbocycles. The van der Waals surface area contributed by atoms with Gasteiger partial charge >= 0.3 is 0 Å². The molecule has 0 fully saturated rings. The van der Waals surface area contributed by atoms with Crippen LogP contribution in [0.4, 0.5) is 0 Å². The lowest BCUT2D eigenvalue weighted by Gasteiger charge is -2.13. The standard InChI is InChI=1S/C15H21N3O2/c1-4-14-17-13(18-20-14)10-19-15-11(3)7-6-8-12(15)9-16-5-2/h6-8,16H,4-5,9-10H2,1-3H3. The van der Waals surface area contributed by atoms with Crippen LogP contribution in [0.5, 0.6) is 5.75 Å². The Balaban J connectivity index is 2.07. The summed E-state index contributed by atoms with van der Waals surface area (Å²) in [5.41, 5.74) is 2.26. The number of hydrogen-bond acceptors (Lipinski definition) is 5. The zero-order chi connectivity index (χ0) is 14.4. The number of aromatic nitrogens is 2. The lowest BCUT2D eigenvalue weighted by atomic mass is 10.1. The second-order valence-electron chi connectivity index (χ2n) is 4.59. The summed E-state index contributed by atoms with van der Waals surface area (Å²) in [6.07, 6.45) is 0.739. The van der Waals surface area contributed by atoms with Crippen LogP contribution in [0.1, 0.15) is 36.7 Å². The fourth-order valence-electron chi connectivity index (χ4n) is 1.95. The summed E-state index contributed by atoms with van der Waals surface area (Å²) in [5.74, 6) is 2.12. The molecule has 0 aliphatic rings. The number of ether oxygens (including phenoxy) is 1. The van der Waals surface area contributed by atoms with Crippen LogP contribution in [0.25, 0.3) is 0 Å². The highest BCUT2D eigenvalue weighted by molar-refractivity contribution is 5.40. The fourth-order valence-corrected chi connectivity index (χ4v) is 1.95. The van der Waals surface area contributed by atoms with Crippen LogP contribution in [0.15, 0.2) is 22.7 Å². The number of hydrogen-bond donors (Lipinski definition) is 1. The molecule has 0 saturated carbocycles. The van der Waals surface area contributed by atoms with E-state index in [9.17, 15) is 0 Å². The van der Waals surface area contributed by atoms with E-state index in [1.54, 1.807) is 0 Å². The van der Waals surface area contributed by atoms with Crippen molar-refractivity contribution < 1.29 is 9.26 Å². The maximum atomic E-state index is 5.88. The predicted molar refractivity (Wildman–Crippen MR) is 76.6 cm³/mol. The summed E-state index contributed by atoms with van der Waals surface area (Å²) in [6.45, 7) is 8.15. The van der Waals surface area contributed by atoms with Crippen molar-refractivity contribution in [3.8, 4) is 5.75 Å². The van der Waals surface area contributed by atoms with Gasteiger partial charge in [0.1, 0.15) is 5.75 Å². The zero-order valence-corrected chi connectivity index (χ0v) is 12.3. The number of nitrogens with one attached hydrogen (secondary N) is 1. The first-order chi connectivity index (χ1) is 9.74. The predicted octanol–water partition coefficient (Wildman–Crippen LogP) is 2.63. The Morgan fingerprint density at radius 3 is 2.85 bits per heavy atom. The molecule has 2 rings (SSSR count). The Hall–Kier alpha value is -1.88. The van der Waals surface area contributed by atoms with Crippen LogP contribution in [0.3, 0.4) is 0 Å². The molecule has 0 atom stereocenters. The highest BCUT2D eigenvalue weighted by Crippen LogP contribution is 2.24. The average molecular weight is 275 g/mol. The van der Waals surface area contributed by atoms with E-state index in [0.29, 0.717) is 18.3 Å². The normalized spacial score (nSPS) is 10.8. The fraction of sp³-hybridized carbons (Fsp3) is 0.467. The average Bonchev–Trinajstić information content (AvgIpc) is 2.92. The molecule has 0 spiro atoms. The van der Waals surface area contributed by atoms with Gasteiger partial charge in [0.25, 0.3) is 0 Å². The Labute approximate surface area is 119 Å². The molecule has 0 aliphatic heterocycles. The quantitative estimate of drug-likeness (QED) is 0.841. The molecule has 0 bridgehead atoms. The van der Waals surface area contributed by atoms with Crippen molar-refractivity contribution in [1.82, 2.24) is 15.5 Å². The largest absolute Gasteiger partial charge is 0.485 e. The molecule has 0 aliphatic carbocycles. The summed E-state index contributed by atoms with van der Waals surface area (Å²) < 4.78 is 11.0. The molecule has 0 saturated heterocycles.